The van der Waals surface area contributed by atoms with Crippen molar-refractivity contribution in [3.63, 3.8) is 0 Å². The normalized spacial score (nSPS) is 23.2. The molecule has 1 fully saturated rings. The first-order chi connectivity index (χ1) is 8.89. The van der Waals surface area contributed by atoms with Crippen LogP contribution in [0.25, 0.3) is 0 Å². The topological polar surface area (TPSA) is 80.2 Å². The number of sulfone groups is 1. The summed E-state index contributed by atoms with van der Waals surface area (Å²) in [5, 5.41) is 7.31. The number of hydrogen-bond donors (Lipinski definition) is 0. The Morgan fingerprint density at radius 1 is 1.63 bits per heavy atom. The molecule has 1 aromatic heterocycles. The summed E-state index contributed by atoms with van der Waals surface area (Å²) >= 11 is 2.74. The molecule has 1 aromatic rings. The van der Waals surface area contributed by atoms with Gasteiger partial charge in [-0.15, -0.1) is 10.2 Å². The molecule has 9 heteroatoms. The number of hydrogen-bond acceptors (Lipinski definition) is 7. The average Bonchev–Trinajstić information content (AvgIpc) is 2.96. The Morgan fingerprint density at radius 2 is 2.37 bits per heavy atom. The minimum Gasteiger partial charge on any atom is -0.341 e. The fourth-order valence-electron chi connectivity index (χ4n) is 1.96. The first-order valence-corrected chi connectivity index (χ1v) is 9.37. The number of aromatic nitrogens is 2. The van der Waals surface area contributed by atoms with E-state index in [1.165, 1.54) is 23.1 Å². The molecule has 1 amide bonds. The molecule has 0 saturated carbocycles. The molecule has 2 unspecified atom stereocenters. The number of carbonyl (C=O) groups excluding carboxylic acids is 1. The Morgan fingerprint density at radius 3 is 2.89 bits per heavy atom. The summed E-state index contributed by atoms with van der Waals surface area (Å²) in [5.41, 5.74) is 1.62. The van der Waals surface area contributed by atoms with Crippen LogP contribution in [0.4, 0.5) is 0 Å². The molecule has 2 atom stereocenters. The number of nitrogens with zero attached hydrogens (tertiary/aromatic N) is 3. The van der Waals surface area contributed by atoms with E-state index in [-0.39, 0.29) is 28.7 Å². The number of thioether (sulfide) groups is 1. The predicted molar refractivity (Wildman–Crippen MR) is 75.1 cm³/mol. The zero-order valence-corrected chi connectivity index (χ0v) is 13.1. The molecule has 0 N–H and O–H groups in total. The van der Waals surface area contributed by atoms with Crippen molar-refractivity contribution in [1.29, 1.82) is 0 Å². The summed E-state index contributed by atoms with van der Waals surface area (Å²) in [6.45, 7) is 1.80. The molecular formula is C10H15N3O3S3. The molecule has 0 aliphatic carbocycles. The van der Waals surface area contributed by atoms with E-state index in [1.807, 2.05) is 0 Å². The minimum absolute atomic E-state index is 0.0673. The maximum atomic E-state index is 12.2. The summed E-state index contributed by atoms with van der Waals surface area (Å²) in [6, 6.07) is -0.199. The summed E-state index contributed by atoms with van der Waals surface area (Å²) in [4.78, 5) is 13.8. The lowest BCUT2D eigenvalue weighted by Crippen LogP contribution is -2.41. The zero-order chi connectivity index (χ0) is 14.0. The quantitative estimate of drug-likeness (QED) is 0.758. The van der Waals surface area contributed by atoms with Gasteiger partial charge in [0.1, 0.15) is 5.51 Å². The molecule has 1 aliphatic heterocycles. The Kier molecular flexibility index (Phi) is 4.46. The van der Waals surface area contributed by atoms with Crippen molar-refractivity contribution in [3.8, 4) is 0 Å². The van der Waals surface area contributed by atoms with E-state index >= 15 is 0 Å². The lowest BCUT2D eigenvalue weighted by atomic mass is 10.2. The van der Waals surface area contributed by atoms with Crippen molar-refractivity contribution in [2.75, 3.05) is 18.6 Å². The molecule has 1 saturated heterocycles. The third-order valence-corrected chi connectivity index (χ3v) is 6.72. The second kappa shape index (κ2) is 5.76. The van der Waals surface area contributed by atoms with Gasteiger partial charge in [-0.2, -0.15) is 0 Å². The highest BCUT2D eigenvalue weighted by atomic mass is 32.2. The molecule has 19 heavy (non-hydrogen) atoms. The van der Waals surface area contributed by atoms with Gasteiger partial charge < -0.3 is 4.90 Å². The van der Waals surface area contributed by atoms with E-state index in [0.717, 1.165) is 4.34 Å². The first kappa shape index (κ1) is 14.7. The molecule has 0 spiro atoms. The van der Waals surface area contributed by atoms with Gasteiger partial charge in [-0.3, -0.25) is 4.79 Å². The van der Waals surface area contributed by atoms with Crippen molar-refractivity contribution in [3.05, 3.63) is 5.51 Å². The smallest absolute Gasteiger partial charge is 0.235 e. The Labute approximate surface area is 120 Å². The lowest BCUT2D eigenvalue weighted by Gasteiger charge is -2.25. The third-order valence-electron chi connectivity index (χ3n) is 3.07. The van der Waals surface area contributed by atoms with Gasteiger partial charge in [0, 0.05) is 13.1 Å². The van der Waals surface area contributed by atoms with Crippen molar-refractivity contribution in [2.45, 2.75) is 29.0 Å². The SMILES string of the molecule is CC(Sc1nncs1)C(=O)N(C)C1CCS(=O)(=O)C1. The van der Waals surface area contributed by atoms with Crippen LogP contribution in [0.1, 0.15) is 13.3 Å². The largest absolute Gasteiger partial charge is 0.341 e. The van der Waals surface area contributed by atoms with Crippen molar-refractivity contribution in [1.82, 2.24) is 15.1 Å². The maximum absolute atomic E-state index is 12.2. The molecule has 106 valence electrons. The van der Waals surface area contributed by atoms with Gasteiger partial charge >= 0.3 is 0 Å². The van der Waals surface area contributed by atoms with E-state index in [1.54, 1.807) is 24.4 Å². The second-order valence-electron chi connectivity index (χ2n) is 4.47. The molecule has 0 aromatic carbocycles. The van der Waals surface area contributed by atoms with E-state index < -0.39 is 9.84 Å². The summed E-state index contributed by atoms with van der Waals surface area (Å²) < 4.78 is 23.6. The molecule has 1 aliphatic rings. The van der Waals surface area contributed by atoms with Crippen LogP contribution < -0.4 is 0 Å². The Hall–Kier alpha value is -0.670. The summed E-state index contributed by atoms with van der Waals surface area (Å²) in [7, 11) is -1.30. The molecule has 0 bridgehead atoms. The number of amides is 1. The van der Waals surface area contributed by atoms with E-state index in [4.69, 9.17) is 0 Å². The van der Waals surface area contributed by atoms with Crippen LogP contribution in [0.2, 0.25) is 0 Å². The van der Waals surface area contributed by atoms with E-state index in [2.05, 4.69) is 10.2 Å². The average molecular weight is 321 g/mol. The van der Waals surface area contributed by atoms with Gasteiger partial charge in [0.25, 0.3) is 0 Å². The second-order valence-corrected chi connectivity index (χ2v) is 9.12. The fraction of sp³-hybridized carbons (Fsp3) is 0.700. The minimum atomic E-state index is -2.97. The Balaban J connectivity index is 1.95. The molecule has 2 rings (SSSR count). The first-order valence-electron chi connectivity index (χ1n) is 5.79. The van der Waals surface area contributed by atoms with Crippen molar-refractivity contribution in [2.24, 2.45) is 0 Å². The van der Waals surface area contributed by atoms with Gasteiger partial charge in [-0.25, -0.2) is 8.42 Å². The van der Waals surface area contributed by atoms with Gasteiger partial charge in [-0.1, -0.05) is 23.1 Å². The zero-order valence-electron chi connectivity index (χ0n) is 10.6. The van der Waals surface area contributed by atoms with Crippen LogP contribution in [-0.2, 0) is 14.6 Å². The summed E-state index contributed by atoms with van der Waals surface area (Å²) in [6.07, 6.45) is 0.529. The Bertz CT molecular complexity index is 544. The number of carbonyl (C=O) groups is 1. The number of rotatable bonds is 4. The highest BCUT2D eigenvalue weighted by Gasteiger charge is 2.34. The fourth-order valence-corrected chi connectivity index (χ4v) is 5.46. The predicted octanol–water partition coefficient (Wildman–Crippen LogP) is 0.664. The maximum Gasteiger partial charge on any atom is 0.235 e. The van der Waals surface area contributed by atoms with Crippen LogP contribution in [-0.4, -0.2) is 59.3 Å². The van der Waals surface area contributed by atoms with Crippen LogP contribution in [0.5, 0.6) is 0 Å². The van der Waals surface area contributed by atoms with Crippen LogP contribution in [0.15, 0.2) is 9.85 Å². The third kappa shape index (κ3) is 3.67. The standard InChI is InChI=1S/C10H15N3O3S3/c1-7(18-10-12-11-6-17-10)9(14)13(2)8-3-4-19(15,16)5-8/h6-8H,3-5H2,1-2H3. The van der Waals surface area contributed by atoms with E-state index in [0.29, 0.717) is 6.42 Å². The highest BCUT2D eigenvalue weighted by Crippen LogP contribution is 2.26. The molecule has 0 radical (unpaired) electrons. The van der Waals surface area contributed by atoms with Gasteiger partial charge in [0.15, 0.2) is 14.2 Å². The molecule has 2 heterocycles. The van der Waals surface area contributed by atoms with Crippen LogP contribution in [0.3, 0.4) is 0 Å². The van der Waals surface area contributed by atoms with Crippen LogP contribution in [0, 0.1) is 0 Å². The van der Waals surface area contributed by atoms with Crippen molar-refractivity contribution >= 4 is 38.8 Å². The van der Waals surface area contributed by atoms with Crippen molar-refractivity contribution < 1.29 is 13.2 Å². The summed E-state index contributed by atoms with van der Waals surface area (Å²) in [5.74, 6) is 0.181. The highest BCUT2D eigenvalue weighted by molar-refractivity contribution is 8.02. The van der Waals surface area contributed by atoms with Crippen LogP contribution >= 0.6 is 23.1 Å². The van der Waals surface area contributed by atoms with Gasteiger partial charge in [-0.05, 0) is 13.3 Å². The van der Waals surface area contributed by atoms with Gasteiger partial charge in [0.2, 0.25) is 5.91 Å². The van der Waals surface area contributed by atoms with Gasteiger partial charge in [0.05, 0.1) is 16.8 Å². The lowest BCUT2D eigenvalue weighted by molar-refractivity contribution is -0.130. The molecular weight excluding hydrogens is 306 g/mol. The monoisotopic (exact) mass is 321 g/mol. The van der Waals surface area contributed by atoms with E-state index in [9.17, 15) is 13.2 Å². The molecule has 6 nitrogen and oxygen atoms in total.